The first-order chi connectivity index (χ1) is 9.47. The molecule has 1 N–H and O–H groups in total. The second-order valence-corrected chi connectivity index (χ2v) is 5.83. The molecule has 1 saturated heterocycles. The summed E-state index contributed by atoms with van der Waals surface area (Å²) in [6, 6.07) is 7.51. The quantitative estimate of drug-likeness (QED) is 0.915. The van der Waals surface area contributed by atoms with Gasteiger partial charge in [0.05, 0.1) is 0 Å². The highest BCUT2D eigenvalue weighted by Gasteiger charge is 2.33. The molecule has 1 aromatic rings. The average molecular weight is 274 g/mol. The minimum absolute atomic E-state index is 0.00837. The number of benzene rings is 1. The number of nitrogens with zero attached hydrogens (tertiary/aromatic N) is 1. The largest absolute Gasteiger partial charge is 0.344 e. The van der Waals surface area contributed by atoms with Gasteiger partial charge in [0.2, 0.25) is 11.8 Å². The number of carbonyl (C=O) groups is 2. The van der Waals surface area contributed by atoms with E-state index in [9.17, 15) is 9.59 Å². The SMILES string of the molecule is Cc1ccc(N2CC[C@@H](NC(=O)CC(C)C)C2=O)cc1. The van der Waals surface area contributed by atoms with Crippen molar-refractivity contribution in [3.63, 3.8) is 0 Å². The summed E-state index contributed by atoms with van der Waals surface area (Å²) in [5.41, 5.74) is 2.07. The lowest BCUT2D eigenvalue weighted by Crippen LogP contribution is -2.41. The first-order valence-corrected chi connectivity index (χ1v) is 7.15. The second-order valence-electron chi connectivity index (χ2n) is 5.83. The van der Waals surface area contributed by atoms with Gasteiger partial charge in [-0.05, 0) is 31.4 Å². The Bertz CT molecular complexity index is 494. The fraction of sp³-hybridized carbons (Fsp3) is 0.500. The van der Waals surface area contributed by atoms with E-state index in [-0.39, 0.29) is 17.9 Å². The summed E-state index contributed by atoms with van der Waals surface area (Å²) in [7, 11) is 0. The lowest BCUT2D eigenvalue weighted by molar-refractivity contribution is -0.126. The van der Waals surface area contributed by atoms with Crippen molar-refractivity contribution >= 4 is 17.5 Å². The molecule has 1 atom stereocenters. The van der Waals surface area contributed by atoms with Gasteiger partial charge in [-0.1, -0.05) is 31.5 Å². The molecule has 2 rings (SSSR count). The highest BCUT2D eigenvalue weighted by atomic mass is 16.2. The van der Waals surface area contributed by atoms with Crippen molar-refractivity contribution < 1.29 is 9.59 Å². The molecule has 0 radical (unpaired) electrons. The molecule has 1 heterocycles. The topological polar surface area (TPSA) is 49.4 Å². The van der Waals surface area contributed by atoms with Crippen LogP contribution < -0.4 is 10.2 Å². The van der Waals surface area contributed by atoms with Crippen LogP contribution in [0.2, 0.25) is 0 Å². The van der Waals surface area contributed by atoms with Crippen LogP contribution in [0.25, 0.3) is 0 Å². The predicted octanol–water partition coefficient (Wildman–Crippen LogP) is 2.26. The normalized spacial score (nSPS) is 18.7. The van der Waals surface area contributed by atoms with E-state index < -0.39 is 0 Å². The Morgan fingerprint density at radius 2 is 2.00 bits per heavy atom. The van der Waals surface area contributed by atoms with Crippen LogP contribution in [-0.2, 0) is 9.59 Å². The Morgan fingerprint density at radius 3 is 2.60 bits per heavy atom. The smallest absolute Gasteiger partial charge is 0.249 e. The number of hydrogen-bond acceptors (Lipinski definition) is 2. The fourth-order valence-electron chi connectivity index (χ4n) is 2.42. The van der Waals surface area contributed by atoms with Crippen LogP contribution in [0.15, 0.2) is 24.3 Å². The molecule has 4 heteroatoms. The molecule has 1 aliphatic heterocycles. The monoisotopic (exact) mass is 274 g/mol. The van der Waals surface area contributed by atoms with Crippen molar-refractivity contribution in [1.82, 2.24) is 5.32 Å². The zero-order valence-corrected chi connectivity index (χ0v) is 12.3. The van der Waals surface area contributed by atoms with Crippen LogP contribution in [-0.4, -0.2) is 24.4 Å². The molecular weight excluding hydrogens is 252 g/mol. The summed E-state index contributed by atoms with van der Waals surface area (Å²) < 4.78 is 0. The van der Waals surface area contributed by atoms with E-state index in [1.165, 1.54) is 5.56 Å². The van der Waals surface area contributed by atoms with Crippen LogP contribution in [0.3, 0.4) is 0 Å². The summed E-state index contributed by atoms with van der Waals surface area (Å²) in [6.45, 7) is 6.67. The molecule has 108 valence electrons. The lowest BCUT2D eigenvalue weighted by Gasteiger charge is -2.17. The molecular formula is C16H22N2O2. The van der Waals surface area contributed by atoms with Crippen molar-refractivity contribution in [2.75, 3.05) is 11.4 Å². The Labute approximate surface area is 120 Å². The molecule has 2 amide bonds. The summed E-state index contributed by atoms with van der Waals surface area (Å²) in [5.74, 6) is 0.259. The van der Waals surface area contributed by atoms with Gasteiger partial charge in [-0.3, -0.25) is 9.59 Å². The van der Waals surface area contributed by atoms with Gasteiger partial charge in [-0.15, -0.1) is 0 Å². The first-order valence-electron chi connectivity index (χ1n) is 7.15. The number of anilines is 1. The Kier molecular flexibility index (Phi) is 4.42. The van der Waals surface area contributed by atoms with E-state index in [1.54, 1.807) is 4.90 Å². The van der Waals surface area contributed by atoms with Gasteiger partial charge < -0.3 is 10.2 Å². The van der Waals surface area contributed by atoms with E-state index >= 15 is 0 Å². The van der Waals surface area contributed by atoms with Gasteiger partial charge in [-0.2, -0.15) is 0 Å². The molecule has 0 bridgehead atoms. The molecule has 1 aromatic carbocycles. The number of aryl methyl sites for hydroxylation is 1. The number of amides is 2. The minimum atomic E-state index is -0.373. The molecule has 4 nitrogen and oxygen atoms in total. The second kappa shape index (κ2) is 6.07. The molecule has 0 unspecified atom stereocenters. The van der Waals surface area contributed by atoms with E-state index in [0.717, 1.165) is 5.69 Å². The van der Waals surface area contributed by atoms with E-state index in [2.05, 4.69) is 5.32 Å². The van der Waals surface area contributed by atoms with E-state index in [1.807, 2.05) is 45.0 Å². The van der Waals surface area contributed by atoms with Gasteiger partial charge in [-0.25, -0.2) is 0 Å². The zero-order chi connectivity index (χ0) is 14.7. The highest BCUT2D eigenvalue weighted by molar-refractivity contribution is 6.01. The number of hydrogen-bond donors (Lipinski definition) is 1. The Balaban J connectivity index is 1.99. The van der Waals surface area contributed by atoms with Gasteiger partial charge in [0.15, 0.2) is 0 Å². The maximum Gasteiger partial charge on any atom is 0.249 e. The number of nitrogens with one attached hydrogen (secondary N) is 1. The molecule has 0 spiro atoms. The minimum Gasteiger partial charge on any atom is -0.344 e. The molecule has 20 heavy (non-hydrogen) atoms. The third-order valence-corrected chi connectivity index (χ3v) is 3.48. The average Bonchev–Trinajstić information content (AvgIpc) is 2.71. The van der Waals surface area contributed by atoms with Gasteiger partial charge >= 0.3 is 0 Å². The standard InChI is InChI=1S/C16H22N2O2/c1-11(2)10-15(19)17-14-8-9-18(16(14)20)13-6-4-12(3)5-7-13/h4-7,11,14H,8-10H2,1-3H3,(H,17,19)/t14-/m1/s1. The molecule has 1 aliphatic rings. The Hall–Kier alpha value is -1.84. The number of rotatable bonds is 4. The maximum atomic E-state index is 12.3. The van der Waals surface area contributed by atoms with Crippen molar-refractivity contribution in [3.8, 4) is 0 Å². The van der Waals surface area contributed by atoms with Crippen LogP contribution in [0, 0.1) is 12.8 Å². The summed E-state index contributed by atoms with van der Waals surface area (Å²) in [5, 5.41) is 2.84. The van der Waals surface area contributed by atoms with Crippen molar-refractivity contribution in [2.45, 2.75) is 39.7 Å². The van der Waals surface area contributed by atoms with Gasteiger partial charge in [0.1, 0.15) is 6.04 Å². The van der Waals surface area contributed by atoms with E-state index in [0.29, 0.717) is 25.3 Å². The van der Waals surface area contributed by atoms with E-state index in [4.69, 9.17) is 0 Å². The lowest BCUT2D eigenvalue weighted by atomic mass is 10.1. The first kappa shape index (κ1) is 14.6. The molecule has 1 fully saturated rings. The highest BCUT2D eigenvalue weighted by Crippen LogP contribution is 2.22. The summed E-state index contributed by atoms with van der Waals surface area (Å²) >= 11 is 0. The maximum absolute atomic E-state index is 12.3. The van der Waals surface area contributed by atoms with Gasteiger partial charge in [0.25, 0.3) is 0 Å². The van der Waals surface area contributed by atoms with Crippen LogP contribution in [0.5, 0.6) is 0 Å². The summed E-state index contributed by atoms with van der Waals surface area (Å²) in [4.78, 5) is 25.8. The molecule has 0 aromatic heterocycles. The van der Waals surface area contributed by atoms with Crippen molar-refractivity contribution in [2.24, 2.45) is 5.92 Å². The fourth-order valence-corrected chi connectivity index (χ4v) is 2.42. The third kappa shape index (κ3) is 3.38. The Morgan fingerprint density at radius 1 is 1.35 bits per heavy atom. The van der Waals surface area contributed by atoms with Crippen molar-refractivity contribution in [1.29, 1.82) is 0 Å². The van der Waals surface area contributed by atoms with Crippen LogP contribution >= 0.6 is 0 Å². The summed E-state index contributed by atoms with van der Waals surface area (Å²) in [6.07, 6.45) is 1.14. The van der Waals surface area contributed by atoms with Crippen LogP contribution in [0.1, 0.15) is 32.3 Å². The molecule has 0 saturated carbocycles. The third-order valence-electron chi connectivity index (χ3n) is 3.48. The zero-order valence-electron chi connectivity index (χ0n) is 12.3. The van der Waals surface area contributed by atoms with Crippen LogP contribution in [0.4, 0.5) is 5.69 Å². The van der Waals surface area contributed by atoms with Crippen molar-refractivity contribution in [3.05, 3.63) is 29.8 Å². The number of carbonyl (C=O) groups excluding carboxylic acids is 2. The van der Waals surface area contributed by atoms with Gasteiger partial charge in [0, 0.05) is 18.7 Å². The predicted molar refractivity (Wildman–Crippen MR) is 79.5 cm³/mol. The molecule has 0 aliphatic carbocycles.